The Morgan fingerprint density at radius 2 is 2.00 bits per heavy atom. The Morgan fingerprint density at radius 1 is 1.17 bits per heavy atom. The van der Waals surface area contributed by atoms with Crippen molar-refractivity contribution in [2.45, 2.75) is 32.2 Å². The highest BCUT2D eigenvalue weighted by Crippen LogP contribution is 2.42. The molecule has 0 radical (unpaired) electrons. The summed E-state index contributed by atoms with van der Waals surface area (Å²) in [7, 11) is 1.81. The van der Waals surface area contributed by atoms with E-state index in [0.717, 1.165) is 40.4 Å². The molecule has 1 aromatic carbocycles. The minimum atomic E-state index is -0.294. The average molecular weight is 430 g/mol. The lowest BCUT2D eigenvalue weighted by Crippen LogP contribution is -2.58. The van der Waals surface area contributed by atoms with Gasteiger partial charge in [0.05, 0.1) is 9.70 Å². The SMILES string of the molecule is CC.Cn1cc2cc(-c3nc4sc(N5CCC6(CCN6)C5)cc4s3)cc(F)c2n1. The van der Waals surface area contributed by atoms with Crippen molar-refractivity contribution in [3.05, 3.63) is 30.2 Å². The van der Waals surface area contributed by atoms with Crippen LogP contribution in [0.15, 0.2) is 24.4 Å². The zero-order chi connectivity index (χ0) is 20.2. The molecule has 8 heteroatoms. The van der Waals surface area contributed by atoms with Crippen molar-refractivity contribution in [3.63, 3.8) is 0 Å². The average Bonchev–Trinajstić information content (AvgIpc) is 3.42. The Morgan fingerprint density at radius 3 is 2.69 bits per heavy atom. The molecule has 1 N–H and O–H groups in total. The Balaban J connectivity index is 0.000000882. The summed E-state index contributed by atoms with van der Waals surface area (Å²) in [5, 5.41) is 10.8. The summed E-state index contributed by atoms with van der Waals surface area (Å²) in [6, 6.07) is 5.77. The zero-order valence-corrected chi connectivity index (χ0v) is 18.5. The van der Waals surface area contributed by atoms with E-state index >= 15 is 0 Å². The summed E-state index contributed by atoms with van der Waals surface area (Å²) >= 11 is 3.38. The largest absolute Gasteiger partial charge is 0.361 e. The van der Waals surface area contributed by atoms with Gasteiger partial charge >= 0.3 is 0 Å². The van der Waals surface area contributed by atoms with Crippen LogP contribution in [-0.4, -0.2) is 39.9 Å². The quantitative estimate of drug-likeness (QED) is 0.486. The number of nitrogens with one attached hydrogen (secondary N) is 1. The van der Waals surface area contributed by atoms with E-state index in [2.05, 4.69) is 21.4 Å². The second-order valence-corrected chi connectivity index (χ2v) is 9.64. The monoisotopic (exact) mass is 429 g/mol. The predicted octanol–water partition coefficient (Wildman–Crippen LogP) is 5.02. The molecule has 0 bridgehead atoms. The second-order valence-electron chi connectivity index (χ2n) is 7.60. The number of fused-ring (bicyclic) bond motifs is 2. The van der Waals surface area contributed by atoms with E-state index in [1.165, 1.54) is 22.5 Å². The number of hydrogen-bond donors (Lipinski definition) is 1. The fraction of sp³-hybridized carbons (Fsp3) is 0.429. The van der Waals surface area contributed by atoms with Crippen LogP contribution >= 0.6 is 22.7 Å². The molecule has 2 aliphatic heterocycles. The van der Waals surface area contributed by atoms with Gasteiger partial charge in [-0.25, -0.2) is 9.37 Å². The van der Waals surface area contributed by atoms with Crippen LogP contribution in [0, 0.1) is 5.82 Å². The minimum Gasteiger partial charge on any atom is -0.361 e. The van der Waals surface area contributed by atoms with Crippen LogP contribution in [0.2, 0.25) is 0 Å². The standard InChI is InChI=1S/C19H18FN5S2.C2H6/c1-24-9-12-6-11(7-13(20)16(12)23-24)17-22-18-14(26-17)8-15(27-18)25-5-3-19(10-25)2-4-21-19;1-2/h6-9,21H,2-5,10H2,1H3;1-2H3. The topological polar surface area (TPSA) is 46.0 Å². The molecule has 0 amide bonds. The molecule has 6 rings (SSSR count). The van der Waals surface area contributed by atoms with Crippen molar-refractivity contribution in [1.29, 1.82) is 0 Å². The summed E-state index contributed by atoms with van der Waals surface area (Å²) < 4.78 is 17.2. The number of halogens is 1. The fourth-order valence-corrected chi connectivity index (χ4v) is 6.45. The molecule has 5 heterocycles. The van der Waals surface area contributed by atoms with Gasteiger partial charge in [0, 0.05) is 42.8 Å². The van der Waals surface area contributed by atoms with Gasteiger partial charge in [0.25, 0.3) is 0 Å². The van der Waals surface area contributed by atoms with Crippen molar-refractivity contribution < 1.29 is 4.39 Å². The lowest BCUT2D eigenvalue weighted by molar-refractivity contribution is 0.235. The first kappa shape index (κ1) is 19.0. The zero-order valence-electron chi connectivity index (χ0n) is 16.8. The Bertz CT molecular complexity index is 1160. The van der Waals surface area contributed by atoms with Crippen LogP contribution in [-0.2, 0) is 7.05 Å². The molecule has 1 spiro atoms. The predicted molar refractivity (Wildman–Crippen MR) is 121 cm³/mol. The summed E-state index contributed by atoms with van der Waals surface area (Å²) in [6.07, 6.45) is 4.35. The number of thiazole rings is 1. The normalized spacial score (nSPS) is 21.0. The summed E-state index contributed by atoms with van der Waals surface area (Å²) in [6.45, 7) is 7.35. The summed E-state index contributed by atoms with van der Waals surface area (Å²) in [4.78, 5) is 8.32. The molecule has 5 nitrogen and oxygen atoms in total. The third-order valence-corrected chi connectivity index (χ3v) is 8.04. The third-order valence-electron chi connectivity index (χ3n) is 5.77. The van der Waals surface area contributed by atoms with Gasteiger partial charge in [0.2, 0.25) is 0 Å². The molecular formula is C21H24FN5S2. The van der Waals surface area contributed by atoms with Gasteiger partial charge in [0.1, 0.15) is 15.4 Å². The maximum Gasteiger partial charge on any atom is 0.152 e. The van der Waals surface area contributed by atoms with E-state index in [1.807, 2.05) is 33.2 Å². The summed E-state index contributed by atoms with van der Waals surface area (Å²) in [5.74, 6) is -0.294. The molecule has 3 aromatic heterocycles. The smallest absolute Gasteiger partial charge is 0.152 e. The van der Waals surface area contributed by atoms with Crippen LogP contribution in [0.3, 0.4) is 0 Å². The van der Waals surface area contributed by atoms with Crippen LogP contribution in [0.4, 0.5) is 9.39 Å². The van der Waals surface area contributed by atoms with E-state index in [1.54, 1.807) is 33.4 Å². The Labute approximate surface area is 177 Å². The number of thiophene rings is 1. The first-order chi connectivity index (χ1) is 14.1. The molecule has 0 saturated carbocycles. The molecule has 4 aromatic rings. The van der Waals surface area contributed by atoms with Gasteiger partial charge in [-0.1, -0.05) is 25.2 Å². The number of benzene rings is 1. The number of anilines is 1. The first-order valence-corrected chi connectivity index (χ1v) is 11.8. The maximum atomic E-state index is 14.4. The van der Waals surface area contributed by atoms with Gasteiger partial charge in [-0.15, -0.1) is 11.3 Å². The second kappa shape index (κ2) is 7.04. The number of aryl methyl sites for hydroxylation is 1. The van der Waals surface area contributed by atoms with E-state index in [4.69, 9.17) is 4.98 Å². The van der Waals surface area contributed by atoms with Gasteiger partial charge in [-0.05, 0) is 37.6 Å². The molecule has 152 valence electrons. The molecule has 2 saturated heterocycles. The highest BCUT2D eigenvalue weighted by atomic mass is 32.1. The molecule has 2 aliphatic rings. The Kier molecular flexibility index (Phi) is 4.60. The first-order valence-electron chi connectivity index (χ1n) is 10.1. The van der Waals surface area contributed by atoms with Crippen LogP contribution in [0.5, 0.6) is 0 Å². The summed E-state index contributed by atoms with van der Waals surface area (Å²) in [5.41, 5.74) is 1.59. The minimum absolute atomic E-state index is 0.294. The van der Waals surface area contributed by atoms with Crippen LogP contribution < -0.4 is 10.2 Å². The van der Waals surface area contributed by atoms with Crippen molar-refractivity contribution in [2.24, 2.45) is 7.05 Å². The van der Waals surface area contributed by atoms with Crippen LogP contribution in [0.1, 0.15) is 26.7 Å². The molecular weight excluding hydrogens is 405 g/mol. The van der Waals surface area contributed by atoms with Gasteiger partial charge in [-0.3, -0.25) is 4.68 Å². The lowest BCUT2D eigenvalue weighted by Gasteiger charge is -2.39. The van der Waals surface area contributed by atoms with Gasteiger partial charge in [-0.2, -0.15) is 5.10 Å². The lowest BCUT2D eigenvalue weighted by atomic mass is 9.87. The Hall–Kier alpha value is -2.03. The van der Waals surface area contributed by atoms with Crippen molar-refractivity contribution in [3.8, 4) is 10.6 Å². The molecule has 1 unspecified atom stereocenters. The van der Waals surface area contributed by atoms with Crippen molar-refractivity contribution >= 4 is 48.1 Å². The number of hydrogen-bond acceptors (Lipinski definition) is 6. The molecule has 0 aliphatic carbocycles. The molecule has 29 heavy (non-hydrogen) atoms. The molecule has 2 fully saturated rings. The van der Waals surface area contributed by atoms with Crippen molar-refractivity contribution in [1.82, 2.24) is 20.1 Å². The van der Waals surface area contributed by atoms with Crippen molar-refractivity contribution in [2.75, 3.05) is 24.5 Å². The third kappa shape index (κ3) is 3.14. The highest BCUT2D eigenvalue weighted by molar-refractivity contribution is 7.30. The highest BCUT2D eigenvalue weighted by Gasteiger charge is 2.42. The van der Waals surface area contributed by atoms with Gasteiger partial charge in [0.15, 0.2) is 5.82 Å². The number of nitrogens with zero attached hydrogens (tertiary/aromatic N) is 4. The number of aromatic nitrogens is 3. The van der Waals surface area contributed by atoms with E-state index in [-0.39, 0.29) is 5.82 Å². The van der Waals surface area contributed by atoms with E-state index in [0.29, 0.717) is 11.1 Å². The molecule has 1 atom stereocenters. The van der Waals surface area contributed by atoms with Gasteiger partial charge < -0.3 is 10.2 Å². The van der Waals surface area contributed by atoms with E-state index in [9.17, 15) is 4.39 Å². The maximum absolute atomic E-state index is 14.4. The number of rotatable bonds is 2. The fourth-order valence-electron chi connectivity index (χ4n) is 4.23. The van der Waals surface area contributed by atoms with Crippen LogP contribution in [0.25, 0.3) is 31.0 Å². The van der Waals surface area contributed by atoms with E-state index < -0.39 is 0 Å².